The minimum Gasteiger partial charge on any atom is -0.395 e. The molecular weight excluding hydrogens is 228 g/mol. The molecule has 2 N–H and O–H groups in total. The molecule has 0 radical (unpaired) electrons. The van der Waals surface area contributed by atoms with Crippen molar-refractivity contribution in [2.24, 2.45) is 0 Å². The van der Waals surface area contributed by atoms with E-state index in [-0.39, 0.29) is 18.2 Å². The second-order valence-corrected chi connectivity index (χ2v) is 4.29. The lowest BCUT2D eigenvalue weighted by Gasteiger charge is -2.23. The lowest BCUT2D eigenvalue weighted by Crippen LogP contribution is -2.28. The van der Waals surface area contributed by atoms with Gasteiger partial charge in [0.25, 0.3) is 0 Å². The Labute approximate surface area is 98.3 Å². The van der Waals surface area contributed by atoms with E-state index in [1.54, 1.807) is 4.90 Å². The molecule has 0 aromatic heterocycles. The van der Waals surface area contributed by atoms with Gasteiger partial charge >= 0.3 is 0 Å². The second-order valence-electron chi connectivity index (χ2n) is 4.29. The largest absolute Gasteiger partial charge is 0.395 e. The summed E-state index contributed by atoms with van der Waals surface area (Å²) in [7, 11) is 0. The van der Waals surface area contributed by atoms with Gasteiger partial charge in [0.2, 0.25) is 0 Å². The zero-order chi connectivity index (χ0) is 12.4. The van der Waals surface area contributed by atoms with Gasteiger partial charge in [-0.25, -0.2) is 8.78 Å². The summed E-state index contributed by atoms with van der Waals surface area (Å²) in [5, 5.41) is 18.5. The molecule has 1 fully saturated rings. The zero-order valence-electron chi connectivity index (χ0n) is 9.31. The maximum atomic E-state index is 13.6. The van der Waals surface area contributed by atoms with Gasteiger partial charge in [-0.2, -0.15) is 0 Å². The molecule has 1 aliphatic heterocycles. The molecular formula is C12H15F2NO2. The third-order valence-electron chi connectivity index (χ3n) is 3.09. The Bertz CT molecular complexity index is 400. The Kier molecular flexibility index (Phi) is 3.71. The average Bonchev–Trinajstić information content (AvgIpc) is 2.64. The summed E-state index contributed by atoms with van der Waals surface area (Å²) in [6, 6.07) is 2.95. The van der Waals surface area contributed by atoms with Gasteiger partial charge < -0.3 is 10.2 Å². The van der Waals surface area contributed by atoms with Crippen molar-refractivity contribution in [3.8, 4) is 0 Å². The van der Waals surface area contributed by atoms with E-state index >= 15 is 0 Å². The molecule has 17 heavy (non-hydrogen) atoms. The van der Waals surface area contributed by atoms with Crippen molar-refractivity contribution in [2.45, 2.75) is 18.6 Å². The van der Waals surface area contributed by atoms with E-state index in [0.717, 1.165) is 18.2 Å². The van der Waals surface area contributed by atoms with Crippen LogP contribution in [0.3, 0.4) is 0 Å². The second kappa shape index (κ2) is 5.08. The Morgan fingerprint density at radius 3 is 2.82 bits per heavy atom. The van der Waals surface area contributed by atoms with Crippen LogP contribution in [0.25, 0.3) is 0 Å². The molecule has 3 nitrogen and oxygen atoms in total. The lowest BCUT2D eigenvalue weighted by molar-refractivity contribution is 0.156. The standard InChI is InChI=1S/C12H15F2NO2/c13-8-1-2-11(14)10(5-8)12-6-9(17)7-15(12)3-4-16/h1-2,5,9,12,16-17H,3-4,6-7H2/t9-,12+/m0/s1. The van der Waals surface area contributed by atoms with Crippen LogP contribution in [-0.2, 0) is 0 Å². The first-order chi connectivity index (χ1) is 8.11. The topological polar surface area (TPSA) is 43.7 Å². The number of aliphatic hydroxyl groups excluding tert-OH is 2. The van der Waals surface area contributed by atoms with Crippen molar-refractivity contribution >= 4 is 0 Å². The van der Waals surface area contributed by atoms with Gasteiger partial charge in [-0.3, -0.25) is 4.90 Å². The van der Waals surface area contributed by atoms with Crippen molar-refractivity contribution in [2.75, 3.05) is 19.7 Å². The number of β-amino-alcohol motifs (C(OH)–C–C–N with tert-alkyl or cyclic N) is 2. The number of halogens is 2. The van der Waals surface area contributed by atoms with Gasteiger partial charge in [0.1, 0.15) is 11.6 Å². The van der Waals surface area contributed by atoms with Crippen molar-refractivity contribution in [3.05, 3.63) is 35.4 Å². The predicted octanol–water partition coefficient (Wildman–Crippen LogP) is 1.06. The van der Waals surface area contributed by atoms with Crippen LogP contribution in [-0.4, -0.2) is 40.9 Å². The molecule has 0 unspecified atom stereocenters. The molecule has 1 heterocycles. The first-order valence-electron chi connectivity index (χ1n) is 5.59. The van der Waals surface area contributed by atoms with E-state index in [0.29, 0.717) is 19.5 Å². The Morgan fingerprint density at radius 2 is 2.12 bits per heavy atom. The first-order valence-corrected chi connectivity index (χ1v) is 5.59. The number of hydrogen-bond donors (Lipinski definition) is 2. The molecule has 1 aromatic carbocycles. The van der Waals surface area contributed by atoms with Crippen LogP contribution in [0, 0.1) is 11.6 Å². The van der Waals surface area contributed by atoms with Gasteiger partial charge in [-0.15, -0.1) is 0 Å². The quantitative estimate of drug-likeness (QED) is 0.834. The zero-order valence-corrected chi connectivity index (χ0v) is 9.31. The molecule has 1 aliphatic rings. The van der Waals surface area contributed by atoms with Crippen molar-refractivity contribution < 1.29 is 19.0 Å². The fourth-order valence-electron chi connectivity index (χ4n) is 2.35. The molecule has 2 atom stereocenters. The summed E-state index contributed by atoms with van der Waals surface area (Å²) in [5.41, 5.74) is 0.245. The van der Waals surface area contributed by atoms with Crippen molar-refractivity contribution in [1.82, 2.24) is 4.90 Å². The van der Waals surface area contributed by atoms with Crippen LogP contribution in [0.15, 0.2) is 18.2 Å². The van der Waals surface area contributed by atoms with E-state index < -0.39 is 17.7 Å². The highest BCUT2D eigenvalue weighted by Crippen LogP contribution is 2.33. The van der Waals surface area contributed by atoms with Crippen LogP contribution >= 0.6 is 0 Å². The number of rotatable bonds is 3. The Morgan fingerprint density at radius 1 is 1.35 bits per heavy atom. The fourth-order valence-corrected chi connectivity index (χ4v) is 2.35. The normalized spacial score (nSPS) is 25.4. The molecule has 94 valence electrons. The number of hydrogen-bond acceptors (Lipinski definition) is 3. The van der Waals surface area contributed by atoms with Crippen LogP contribution in [0.2, 0.25) is 0 Å². The number of benzene rings is 1. The molecule has 0 amide bonds. The van der Waals surface area contributed by atoms with Crippen LogP contribution in [0.4, 0.5) is 8.78 Å². The Hall–Kier alpha value is -1.04. The van der Waals surface area contributed by atoms with Gasteiger partial charge in [-0.1, -0.05) is 0 Å². The average molecular weight is 243 g/mol. The number of aliphatic hydroxyl groups is 2. The smallest absolute Gasteiger partial charge is 0.128 e. The summed E-state index contributed by atoms with van der Waals surface area (Å²) in [4.78, 5) is 1.77. The molecule has 0 bridgehead atoms. The monoisotopic (exact) mass is 243 g/mol. The van der Waals surface area contributed by atoms with E-state index in [4.69, 9.17) is 5.11 Å². The highest BCUT2D eigenvalue weighted by atomic mass is 19.1. The molecule has 0 spiro atoms. The molecule has 2 rings (SSSR count). The van der Waals surface area contributed by atoms with Crippen molar-refractivity contribution in [3.63, 3.8) is 0 Å². The van der Waals surface area contributed by atoms with Gasteiger partial charge in [-0.05, 0) is 24.6 Å². The highest BCUT2D eigenvalue weighted by molar-refractivity contribution is 5.23. The summed E-state index contributed by atoms with van der Waals surface area (Å²) in [6.45, 7) is 0.652. The molecule has 1 saturated heterocycles. The maximum absolute atomic E-state index is 13.6. The highest BCUT2D eigenvalue weighted by Gasteiger charge is 2.33. The minimum atomic E-state index is -0.561. The Balaban J connectivity index is 2.27. The van der Waals surface area contributed by atoms with Crippen LogP contribution in [0.1, 0.15) is 18.0 Å². The molecule has 5 heteroatoms. The third-order valence-corrected chi connectivity index (χ3v) is 3.09. The molecule has 0 aliphatic carbocycles. The van der Waals surface area contributed by atoms with E-state index in [2.05, 4.69) is 0 Å². The van der Waals surface area contributed by atoms with Crippen LogP contribution < -0.4 is 0 Å². The van der Waals surface area contributed by atoms with Gasteiger partial charge in [0.05, 0.1) is 12.7 Å². The molecule has 0 saturated carbocycles. The van der Waals surface area contributed by atoms with E-state index in [1.807, 2.05) is 0 Å². The van der Waals surface area contributed by atoms with Gasteiger partial charge in [0.15, 0.2) is 0 Å². The van der Waals surface area contributed by atoms with Crippen molar-refractivity contribution in [1.29, 1.82) is 0 Å². The number of likely N-dealkylation sites (tertiary alicyclic amines) is 1. The first kappa shape index (κ1) is 12.4. The number of nitrogens with zero attached hydrogens (tertiary/aromatic N) is 1. The van der Waals surface area contributed by atoms with Crippen LogP contribution in [0.5, 0.6) is 0 Å². The molecule has 1 aromatic rings. The van der Waals surface area contributed by atoms with E-state index in [9.17, 15) is 13.9 Å². The predicted molar refractivity (Wildman–Crippen MR) is 58.4 cm³/mol. The lowest BCUT2D eigenvalue weighted by atomic mass is 10.0. The summed E-state index contributed by atoms with van der Waals surface area (Å²) >= 11 is 0. The van der Waals surface area contributed by atoms with E-state index in [1.165, 1.54) is 0 Å². The SMILES string of the molecule is OCCN1C[C@@H](O)C[C@@H]1c1cc(F)ccc1F. The minimum absolute atomic E-state index is 0.0693. The third kappa shape index (κ3) is 2.62. The summed E-state index contributed by atoms with van der Waals surface area (Å²) in [5.74, 6) is -0.972. The fraction of sp³-hybridized carbons (Fsp3) is 0.500. The summed E-state index contributed by atoms with van der Waals surface area (Å²) < 4.78 is 26.7. The van der Waals surface area contributed by atoms with Gasteiger partial charge in [0, 0.05) is 24.7 Å². The summed E-state index contributed by atoms with van der Waals surface area (Å²) in [6.07, 6.45) is -0.199. The maximum Gasteiger partial charge on any atom is 0.128 e.